The van der Waals surface area contributed by atoms with Gasteiger partial charge < -0.3 is 15.3 Å². The number of nitrogens with zero attached hydrogens (tertiary/aromatic N) is 1. The zero-order chi connectivity index (χ0) is 11.5. The summed E-state index contributed by atoms with van der Waals surface area (Å²) in [6, 6.07) is 0.0664. The van der Waals surface area contributed by atoms with Gasteiger partial charge in [0.25, 0.3) is 0 Å². The van der Waals surface area contributed by atoms with Crippen LogP contribution in [0.25, 0.3) is 0 Å². The lowest BCUT2D eigenvalue weighted by molar-refractivity contribution is -0.142. The van der Waals surface area contributed by atoms with Crippen LogP contribution in [0.1, 0.15) is 26.2 Å². The summed E-state index contributed by atoms with van der Waals surface area (Å²) in [7, 11) is 0. The molecule has 2 unspecified atom stereocenters. The first kappa shape index (κ1) is 11.9. The average molecular weight is 226 g/mol. The standard InChI is InChI=1S/C12H22N2O2/c1-9(10-6-13-7-10)12(16)14-5-3-2-4-11(14)8-15/h9-11,13,15H,2-8H2,1H3. The van der Waals surface area contributed by atoms with E-state index in [1.54, 1.807) is 0 Å². The maximum atomic E-state index is 12.3. The van der Waals surface area contributed by atoms with Crippen molar-refractivity contribution in [3.8, 4) is 0 Å². The molecule has 92 valence electrons. The highest BCUT2D eigenvalue weighted by molar-refractivity contribution is 5.79. The van der Waals surface area contributed by atoms with Crippen LogP contribution in [0.3, 0.4) is 0 Å². The van der Waals surface area contributed by atoms with Crippen molar-refractivity contribution in [1.82, 2.24) is 10.2 Å². The van der Waals surface area contributed by atoms with Gasteiger partial charge in [0.15, 0.2) is 0 Å². The van der Waals surface area contributed by atoms with Gasteiger partial charge in [0.05, 0.1) is 12.6 Å². The minimum Gasteiger partial charge on any atom is -0.394 e. The highest BCUT2D eigenvalue weighted by Crippen LogP contribution is 2.23. The topological polar surface area (TPSA) is 52.6 Å². The Bertz CT molecular complexity index is 253. The first-order valence-corrected chi connectivity index (χ1v) is 6.36. The number of piperidine rings is 1. The maximum absolute atomic E-state index is 12.3. The number of nitrogens with one attached hydrogen (secondary N) is 1. The third kappa shape index (κ3) is 2.23. The summed E-state index contributed by atoms with van der Waals surface area (Å²) < 4.78 is 0. The van der Waals surface area contributed by atoms with Crippen LogP contribution in [0.5, 0.6) is 0 Å². The summed E-state index contributed by atoms with van der Waals surface area (Å²) in [6.07, 6.45) is 3.17. The van der Waals surface area contributed by atoms with Gasteiger partial charge in [-0.25, -0.2) is 0 Å². The molecule has 0 aliphatic carbocycles. The molecule has 0 saturated carbocycles. The number of hydrogen-bond acceptors (Lipinski definition) is 3. The van der Waals surface area contributed by atoms with E-state index in [9.17, 15) is 9.90 Å². The molecule has 4 heteroatoms. The van der Waals surface area contributed by atoms with Crippen molar-refractivity contribution < 1.29 is 9.90 Å². The normalized spacial score (nSPS) is 28.6. The molecule has 2 saturated heterocycles. The van der Waals surface area contributed by atoms with E-state index in [1.807, 2.05) is 11.8 Å². The quantitative estimate of drug-likeness (QED) is 0.723. The number of aliphatic hydroxyl groups excluding tert-OH is 1. The average Bonchev–Trinajstić information content (AvgIpc) is 2.25. The second kappa shape index (κ2) is 5.15. The van der Waals surface area contributed by atoms with E-state index in [1.165, 1.54) is 0 Å². The Morgan fingerprint density at radius 3 is 2.81 bits per heavy atom. The fourth-order valence-electron chi connectivity index (χ4n) is 2.61. The molecule has 0 aromatic heterocycles. The summed E-state index contributed by atoms with van der Waals surface area (Å²) >= 11 is 0. The molecule has 2 heterocycles. The van der Waals surface area contributed by atoms with Crippen molar-refractivity contribution in [3.05, 3.63) is 0 Å². The number of likely N-dealkylation sites (tertiary alicyclic amines) is 1. The Labute approximate surface area is 97.0 Å². The summed E-state index contributed by atoms with van der Waals surface area (Å²) in [6.45, 7) is 4.89. The molecular formula is C12H22N2O2. The van der Waals surface area contributed by atoms with E-state index in [2.05, 4.69) is 5.32 Å². The summed E-state index contributed by atoms with van der Waals surface area (Å²) in [5.74, 6) is 0.840. The van der Waals surface area contributed by atoms with Gasteiger partial charge in [0, 0.05) is 12.5 Å². The highest BCUT2D eigenvalue weighted by atomic mass is 16.3. The first-order chi connectivity index (χ1) is 7.74. The molecule has 0 bridgehead atoms. The number of carbonyl (C=O) groups excluding carboxylic acids is 1. The van der Waals surface area contributed by atoms with Crippen molar-refractivity contribution in [1.29, 1.82) is 0 Å². The molecule has 2 fully saturated rings. The lowest BCUT2D eigenvalue weighted by Gasteiger charge is -2.40. The lowest BCUT2D eigenvalue weighted by atomic mass is 9.87. The van der Waals surface area contributed by atoms with E-state index in [0.29, 0.717) is 5.92 Å². The smallest absolute Gasteiger partial charge is 0.226 e. The van der Waals surface area contributed by atoms with Gasteiger partial charge in [-0.1, -0.05) is 6.92 Å². The first-order valence-electron chi connectivity index (χ1n) is 6.36. The molecular weight excluding hydrogens is 204 g/mol. The van der Waals surface area contributed by atoms with Crippen LogP contribution in [0.4, 0.5) is 0 Å². The number of aliphatic hydroxyl groups is 1. The van der Waals surface area contributed by atoms with Gasteiger partial charge in [-0.15, -0.1) is 0 Å². The predicted molar refractivity (Wildman–Crippen MR) is 62.0 cm³/mol. The third-order valence-electron chi connectivity index (χ3n) is 4.03. The molecule has 2 aliphatic heterocycles. The molecule has 0 radical (unpaired) electrons. The Balaban J connectivity index is 1.95. The van der Waals surface area contributed by atoms with Crippen molar-refractivity contribution >= 4 is 5.91 Å². The van der Waals surface area contributed by atoms with E-state index < -0.39 is 0 Å². The Kier molecular flexibility index (Phi) is 3.82. The molecule has 0 aromatic rings. The Morgan fingerprint density at radius 1 is 1.50 bits per heavy atom. The fourth-order valence-corrected chi connectivity index (χ4v) is 2.61. The van der Waals surface area contributed by atoms with Crippen LogP contribution >= 0.6 is 0 Å². The summed E-state index contributed by atoms with van der Waals surface area (Å²) in [5, 5.41) is 12.5. The van der Waals surface area contributed by atoms with Crippen molar-refractivity contribution in [2.75, 3.05) is 26.2 Å². The second-order valence-corrected chi connectivity index (χ2v) is 5.07. The fraction of sp³-hybridized carbons (Fsp3) is 0.917. The van der Waals surface area contributed by atoms with Crippen molar-refractivity contribution in [2.24, 2.45) is 11.8 Å². The molecule has 2 aliphatic rings. The van der Waals surface area contributed by atoms with Crippen LogP contribution in [-0.2, 0) is 4.79 Å². The molecule has 16 heavy (non-hydrogen) atoms. The van der Waals surface area contributed by atoms with E-state index in [0.717, 1.165) is 38.9 Å². The number of hydrogen-bond donors (Lipinski definition) is 2. The van der Waals surface area contributed by atoms with Crippen LogP contribution in [0.2, 0.25) is 0 Å². The van der Waals surface area contributed by atoms with Gasteiger partial charge in [-0.05, 0) is 38.3 Å². The van der Waals surface area contributed by atoms with Gasteiger partial charge in [0.2, 0.25) is 5.91 Å². The van der Waals surface area contributed by atoms with Gasteiger partial charge >= 0.3 is 0 Å². The summed E-state index contributed by atoms with van der Waals surface area (Å²) in [4.78, 5) is 14.2. The largest absolute Gasteiger partial charge is 0.394 e. The molecule has 0 spiro atoms. The van der Waals surface area contributed by atoms with Crippen molar-refractivity contribution in [3.63, 3.8) is 0 Å². The predicted octanol–water partition coefficient (Wildman–Crippen LogP) is 0.215. The minimum absolute atomic E-state index is 0.0664. The zero-order valence-corrected chi connectivity index (χ0v) is 9.98. The minimum atomic E-state index is 0.0664. The maximum Gasteiger partial charge on any atom is 0.226 e. The summed E-state index contributed by atoms with van der Waals surface area (Å²) in [5.41, 5.74) is 0. The van der Waals surface area contributed by atoms with Crippen LogP contribution in [0.15, 0.2) is 0 Å². The number of carbonyl (C=O) groups is 1. The number of amides is 1. The molecule has 2 N–H and O–H groups in total. The van der Waals surface area contributed by atoms with Crippen molar-refractivity contribution in [2.45, 2.75) is 32.2 Å². The van der Waals surface area contributed by atoms with Gasteiger partial charge in [-0.2, -0.15) is 0 Å². The molecule has 4 nitrogen and oxygen atoms in total. The number of rotatable bonds is 3. The van der Waals surface area contributed by atoms with Crippen LogP contribution in [-0.4, -0.2) is 48.2 Å². The Morgan fingerprint density at radius 2 is 2.25 bits per heavy atom. The molecule has 1 amide bonds. The van der Waals surface area contributed by atoms with Gasteiger partial charge in [-0.3, -0.25) is 4.79 Å². The molecule has 2 rings (SSSR count). The molecule has 0 aromatic carbocycles. The Hall–Kier alpha value is -0.610. The van der Waals surface area contributed by atoms with E-state index in [4.69, 9.17) is 0 Å². The third-order valence-corrected chi connectivity index (χ3v) is 4.03. The lowest BCUT2D eigenvalue weighted by Crippen LogP contribution is -2.54. The van der Waals surface area contributed by atoms with Gasteiger partial charge in [0.1, 0.15) is 0 Å². The van der Waals surface area contributed by atoms with E-state index >= 15 is 0 Å². The van der Waals surface area contributed by atoms with E-state index in [-0.39, 0.29) is 24.5 Å². The van der Waals surface area contributed by atoms with Crippen LogP contribution in [0, 0.1) is 11.8 Å². The zero-order valence-electron chi connectivity index (χ0n) is 9.98. The molecule has 2 atom stereocenters. The monoisotopic (exact) mass is 226 g/mol. The SMILES string of the molecule is CC(C(=O)N1CCCCC1CO)C1CNC1. The highest BCUT2D eigenvalue weighted by Gasteiger charge is 2.34. The second-order valence-electron chi connectivity index (χ2n) is 5.07. The van der Waals surface area contributed by atoms with Crippen LogP contribution < -0.4 is 5.32 Å².